The second-order valence-electron chi connectivity index (χ2n) is 4.66. The summed E-state index contributed by atoms with van der Waals surface area (Å²) in [4.78, 5) is 16.9. The van der Waals surface area contributed by atoms with E-state index in [-0.39, 0.29) is 10.6 Å². The van der Waals surface area contributed by atoms with Crippen LogP contribution in [0.5, 0.6) is 0 Å². The maximum absolute atomic E-state index is 11.0. The van der Waals surface area contributed by atoms with E-state index < -0.39 is 0 Å². The van der Waals surface area contributed by atoms with Gasteiger partial charge < -0.3 is 4.90 Å². The first-order chi connectivity index (χ1) is 8.11. The van der Waals surface area contributed by atoms with Gasteiger partial charge in [0.05, 0.1) is 4.92 Å². The summed E-state index contributed by atoms with van der Waals surface area (Å²) in [5, 5.41) is 11.0. The average molecular weight is 235 g/mol. The van der Waals surface area contributed by atoms with Gasteiger partial charge in [0, 0.05) is 24.8 Å². The molecule has 0 saturated carbocycles. The summed E-state index contributed by atoms with van der Waals surface area (Å²) in [6, 6.07) is 3.44. The summed E-state index contributed by atoms with van der Waals surface area (Å²) in [5.41, 5.74) is 0.105. The first-order valence-corrected chi connectivity index (χ1v) is 5.97. The van der Waals surface area contributed by atoms with Crippen LogP contribution in [0.4, 0.5) is 11.5 Å². The van der Waals surface area contributed by atoms with Crippen LogP contribution in [0.1, 0.15) is 26.7 Å². The van der Waals surface area contributed by atoms with Gasteiger partial charge in [0.2, 0.25) is 5.82 Å². The first kappa shape index (κ1) is 11.8. The van der Waals surface area contributed by atoms with Crippen LogP contribution in [-0.4, -0.2) is 22.5 Å². The van der Waals surface area contributed by atoms with Crippen LogP contribution in [0.15, 0.2) is 18.3 Å². The molecule has 0 radical (unpaired) electrons. The molecule has 0 aromatic carbocycles. The highest BCUT2D eigenvalue weighted by molar-refractivity contribution is 5.58. The largest absolute Gasteiger partial charge is 0.348 e. The van der Waals surface area contributed by atoms with Gasteiger partial charge in [-0.15, -0.1) is 0 Å². The van der Waals surface area contributed by atoms with Crippen LogP contribution in [0.2, 0.25) is 0 Å². The Hall–Kier alpha value is -1.65. The third kappa shape index (κ3) is 2.23. The molecule has 17 heavy (non-hydrogen) atoms. The Bertz CT molecular complexity index is 422. The van der Waals surface area contributed by atoms with Crippen molar-refractivity contribution in [1.82, 2.24) is 4.98 Å². The van der Waals surface area contributed by atoms with Crippen LogP contribution in [-0.2, 0) is 0 Å². The lowest BCUT2D eigenvalue weighted by Gasteiger charge is -2.38. The molecule has 2 rings (SSSR count). The molecule has 1 aliphatic rings. The van der Waals surface area contributed by atoms with Crippen molar-refractivity contribution in [2.24, 2.45) is 5.92 Å². The average Bonchev–Trinajstić information content (AvgIpc) is 2.33. The number of anilines is 1. The number of pyridine rings is 1. The van der Waals surface area contributed by atoms with Crippen molar-refractivity contribution in [3.8, 4) is 0 Å². The molecule has 5 heteroatoms. The van der Waals surface area contributed by atoms with E-state index in [1.807, 2.05) is 0 Å². The molecule has 2 atom stereocenters. The summed E-state index contributed by atoms with van der Waals surface area (Å²) < 4.78 is 0. The molecule has 92 valence electrons. The Balaban J connectivity index is 2.36. The van der Waals surface area contributed by atoms with Crippen molar-refractivity contribution in [2.45, 2.75) is 32.7 Å². The topological polar surface area (TPSA) is 59.3 Å². The predicted molar refractivity (Wildman–Crippen MR) is 66.1 cm³/mol. The lowest BCUT2D eigenvalue weighted by molar-refractivity contribution is -0.384. The number of hydrogen-bond donors (Lipinski definition) is 0. The van der Waals surface area contributed by atoms with E-state index in [9.17, 15) is 10.1 Å². The summed E-state index contributed by atoms with van der Waals surface area (Å²) >= 11 is 0. The van der Waals surface area contributed by atoms with E-state index in [2.05, 4.69) is 23.7 Å². The molecular weight excluding hydrogens is 218 g/mol. The van der Waals surface area contributed by atoms with Crippen molar-refractivity contribution < 1.29 is 4.92 Å². The molecule has 1 aromatic rings. The van der Waals surface area contributed by atoms with Crippen LogP contribution in [0, 0.1) is 16.0 Å². The molecule has 1 aliphatic heterocycles. The van der Waals surface area contributed by atoms with E-state index in [0.717, 1.165) is 13.0 Å². The van der Waals surface area contributed by atoms with Gasteiger partial charge in [0.25, 0.3) is 0 Å². The molecule has 2 unspecified atom stereocenters. The van der Waals surface area contributed by atoms with Gasteiger partial charge in [0.1, 0.15) is 0 Å². The molecule has 1 saturated heterocycles. The maximum Gasteiger partial charge on any atom is 0.311 e. The van der Waals surface area contributed by atoms with Gasteiger partial charge in [-0.1, -0.05) is 6.92 Å². The number of rotatable bonds is 2. The van der Waals surface area contributed by atoms with Crippen molar-refractivity contribution in [1.29, 1.82) is 0 Å². The minimum atomic E-state index is -0.353. The molecule has 1 aromatic heterocycles. The lowest BCUT2D eigenvalue weighted by atomic mass is 9.92. The third-order valence-electron chi connectivity index (χ3n) is 3.61. The highest BCUT2D eigenvalue weighted by atomic mass is 16.6. The fourth-order valence-corrected chi connectivity index (χ4v) is 2.39. The molecule has 0 aliphatic carbocycles. The monoisotopic (exact) mass is 235 g/mol. The van der Waals surface area contributed by atoms with Crippen LogP contribution >= 0.6 is 0 Å². The van der Waals surface area contributed by atoms with Crippen molar-refractivity contribution >= 4 is 11.5 Å². The summed E-state index contributed by atoms with van der Waals surface area (Å²) in [6.45, 7) is 5.15. The zero-order valence-electron chi connectivity index (χ0n) is 10.2. The normalized spacial score (nSPS) is 24.7. The lowest BCUT2D eigenvalue weighted by Crippen LogP contribution is -2.43. The minimum Gasteiger partial charge on any atom is -0.348 e. The maximum atomic E-state index is 11.0. The van der Waals surface area contributed by atoms with Gasteiger partial charge in [-0.25, -0.2) is 4.98 Å². The summed E-state index contributed by atoms with van der Waals surface area (Å²) in [6.07, 6.45) is 3.87. The highest BCUT2D eigenvalue weighted by Gasteiger charge is 2.30. The minimum absolute atomic E-state index is 0.105. The van der Waals surface area contributed by atoms with E-state index in [4.69, 9.17) is 0 Å². The van der Waals surface area contributed by atoms with Crippen molar-refractivity contribution in [3.63, 3.8) is 0 Å². The van der Waals surface area contributed by atoms with Crippen LogP contribution < -0.4 is 4.90 Å². The van der Waals surface area contributed by atoms with Gasteiger partial charge >= 0.3 is 5.69 Å². The Kier molecular flexibility index (Phi) is 3.26. The van der Waals surface area contributed by atoms with Crippen LogP contribution in [0.3, 0.4) is 0 Å². The fraction of sp³-hybridized carbons (Fsp3) is 0.583. The van der Waals surface area contributed by atoms with E-state index >= 15 is 0 Å². The summed E-state index contributed by atoms with van der Waals surface area (Å²) in [5.74, 6) is 1.06. The molecule has 0 amide bonds. The second kappa shape index (κ2) is 4.69. The Morgan fingerprint density at radius 3 is 3.00 bits per heavy atom. The van der Waals surface area contributed by atoms with Gasteiger partial charge in [-0.2, -0.15) is 0 Å². The number of piperidine rings is 1. The molecule has 0 spiro atoms. The van der Waals surface area contributed by atoms with Gasteiger partial charge in [-0.05, 0) is 31.7 Å². The van der Waals surface area contributed by atoms with Gasteiger partial charge in [0.15, 0.2) is 0 Å². The number of aromatic nitrogens is 1. The Morgan fingerprint density at radius 1 is 1.53 bits per heavy atom. The van der Waals surface area contributed by atoms with E-state index in [1.165, 1.54) is 12.5 Å². The zero-order valence-corrected chi connectivity index (χ0v) is 10.2. The van der Waals surface area contributed by atoms with Crippen molar-refractivity contribution in [3.05, 3.63) is 28.4 Å². The van der Waals surface area contributed by atoms with Crippen molar-refractivity contribution in [2.75, 3.05) is 11.4 Å². The Labute approximate surface area is 101 Å². The fourth-order valence-electron chi connectivity index (χ4n) is 2.39. The quantitative estimate of drug-likeness (QED) is 0.584. The standard InChI is InChI=1S/C12H17N3O2/c1-9-5-4-8-14(10(9)2)12-11(15(16)17)6-3-7-13-12/h3,6-7,9-10H,4-5,8H2,1-2H3. The van der Waals surface area contributed by atoms with Crippen LogP contribution in [0.25, 0.3) is 0 Å². The SMILES string of the molecule is CC1CCCN(c2ncccc2[N+](=O)[O-])C1C. The second-order valence-corrected chi connectivity index (χ2v) is 4.66. The highest BCUT2D eigenvalue weighted by Crippen LogP contribution is 2.32. The smallest absolute Gasteiger partial charge is 0.311 e. The number of nitro groups is 1. The zero-order chi connectivity index (χ0) is 12.4. The first-order valence-electron chi connectivity index (χ1n) is 5.97. The Morgan fingerprint density at radius 2 is 2.29 bits per heavy atom. The molecule has 2 heterocycles. The summed E-state index contributed by atoms with van der Waals surface area (Å²) in [7, 11) is 0. The molecule has 0 bridgehead atoms. The van der Waals surface area contributed by atoms with E-state index in [0.29, 0.717) is 17.8 Å². The molecule has 5 nitrogen and oxygen atoms in total. The molecular formula is C12H17N3O2. The molecule has 1 fully saturated rings. The van der Waals surface area contributed by atoms with Gasteiger partial charge in [-0.3, -0.25) is 10.1 Å². The van der Waals surface area contributed by atoms with E-state index in [1.54, 1.807) is 12.3 Å². The number of nitrogens with zero attached hydrogens (tertiary/aromatic N) is 3. The predicted octanol–water partition coefficient (Wildman–Crippen LogP) is 2.61. The third-order valence-corrected chi connectivity index (χ3v) is 3.61. The number of hydrogen-bond acceptors (Lipinski definition) is 4. The molecule has 0 N–H and O–H groups in total.